The lowest BCUT2D eigenvalue weighted by Gasteiger charge is -2.23. The van der Waals surface area contributed by atoms with Crippen molar-refractivity contribution in [2.75, 3.05) is 5.32 Å². The van der Waals surface area contributed by atoms with Gasteiger partial charge in [-0.15, -0.1) is 0 Å². The molecule has 1 heterocycles. The Morgan fingerprint density at radius 3 is 2.24 bits per heavy atom. The zero-order chi connectivity index (χ0) is 27.1. The van der Waals surface area contributed by atoms with Crippen LogP contribution in [0.3, 0.4) is 0 Å². The van der Waals surface area contributed by atoms with Gasteiger partial charge in [0.25, 0.3) is 0 Å². The molecule has 11 heteroatoms. The SMILES string of the molecule is O=C(NCc1ccncc1)Nc1ccc(S(=O)(=O)N(Cc2ccc(F)cc2)Cc2cc(Cl)ccc2Cl)cc1. The van der Waals surface area contributed by atoms with Crippen LogP contribution in [0.5, 0.6) is 0 Å². The van der Waals surface area contributed by atoms with E-state index in [0.717, 1.165) is 5.56 Å². The van der Waals surface area contributed by atoms with Crippen molar-refractivity contribution >= 4 is 44.9 Å². The van der Waals surface area contributed by atoms with E-state index in [2.05, 4.69) is 15.6 Å². The van der Waals surface area contributed by atoms with Crippen molar-refractivity contribution in [3.05, 3.63) is 124 Å². The summed E-state index contributed by atoms with van der Waals surface area (Å²) in [7, 11) is -4.03. The number of nitrogens with zero attached hydrogens (tertiary/aromatic N) is 2. The summed E-state index contributed by atoms with van der Waals surface area (Å²) in [5, 5.41) is 6.19. The summed E-state index contributed by atoms with van der Waals surface area (Å²) in [6, 6.07) is 19.4. The van der Waals surface area contributed by atoms with Crippen molar-refractivity contribution in [3.63, 3.8) is 0 Å². The zero-order valence-electron chi connectivity index (χ0n) is 19.9. The quantitative estimate of drug-likeness (QED) is 0.248. The smallest absolute Gasteiger partial charge is 0.319 e. The first-order chi connectivity index (χ1) is 18.2. The third-order valence-corrected chi connectivity index (χ3v) is 7.99. The number of aromatic nitrogens is 1. The van der Waals surface area contributed by atoms with E-state index in [0.29, 0.717) is 33.4 Å². The highest BCUT2D eigenvalue weighted by atomic mass is 35.5. The number of anilines is 1. The molecule has 38 heavy (non-hydrogen) atoms. The van der Waals surface area contributed by atoms with Crippen LogP contribution in [-0.2, 0) is 29.7 Å². The Morgan fingerprint density at radius 2 is 1.55 bits per heavy atom. The Morgan fingerprint density at radius 1 is 0.868 bits per heavy atom. The summed E-state index contributed by atoms with van der Waals surface area (Å²) in [6.07, 6.45) is 3.27. The summed E-state index contributed by atoms with van der Waals surface area (Å²) in [6.45, 7) is 0.227. The summed E-state index contributed by atoms with van der Waals surface area (Å²) in [5.74, 6) is -0.422. The number of urea groups is 1. The van der Waals surface area contributed by atoms with Gasteiger partial charge >= 0.3 is 6.03 Å². The highest BCUT2D eigenvalue weighted by molar-refractivity contribution is 7.89. The molecule has 0 saturated heterocycles. The number of amides is 2. The minimum absolute atomic E-state index is 0.0144. The largest absolute Gasteiger partial charge is 0.334 e. The van der Waals surface area contributed by atoms with Crippen LogP contribution in [-0.4, -0.2) is 23.7 Å². The fourth-order valence-corrected chi connectivity index (χ4v) is 5.37. The molecule has 0 unspecified atom stereocenters. The highest BCUT2D eigenvalue weighted by Crippen LogP contribution is 2.27. The fraction of sp³-hybridized carbons (Fsp3) is 0.111. The van der Waals surface area contributed by atoms with Crippen LogP contribution in [0.15, 0.2) is 96.2 Å². The van der Waals surface area contributed by atoms with Crippen LogP contribution in [0.1, 0.15) is 16.7 Å². The van der Waals surface area contributed by atoms with E-state index in [9.17, 15) is 17.6 Å². The van der Waals surface area contributed by atoms with Crippen molar-refractivity contribution in [1.29, 1.82) is 0 Å². The molecule has 0 radical (unpaired) electrons. The third-order valence-electron chi connectivity index (χ3n) is 5.58. The van der Waals surface area contributed by atoms with Gasteiger partial charge in [-0.05, 0) is 83.4 Å². The second-order valence-corrected chi connectivity index (χ2v) is 11.1. The summed E-state index contributed by atoms with van der Waals surface area (Å²) >= 11 is 12.4. The van der Waals surface area contributed by atoms with E-state index in [1.165, 1.54) is 52.8 Å². The molecule has 7 nitrogen and oxygen atoms in total. The molecule has 0 bridgehead atoms. The number of hydrogen-bond donors (Lipinski definition) is 2. The molecule has 0 fully saturated rings. The Bertz CT molecular complexity index is 1500. The van der Waals surface area contributed by atoms with E-state index in [1.54, 1.807) is 42.7 Å². The number of carbonyl (C=O) groups is 1. The van der Waals surface area contributed by atoms with Gasteiger partial charge in [0.15, 0.2) is 0 Å². The molecular weight excluding hydrogens is 550 g/mol. The average molecular weight is 573 g/mol. The van der Waals surface area contributed by atoms with Crippen molar-refractivity contribution < 1.29 is 17.6 Å². The number of hydrogen-bond acceptors (Lipinski definition) is 4. The number of benzene rings is 3. The molecule has 0 saturated carbocycles. The Labute approximate surface area is 230 Å². The Balaban J connectivity index is 1.52. The van der Waals surface area contributed by atoms with Crippen molar-refractivity contribution in [2.45, 2.75) is 24.5 Å². The number of halogens is 3. The minimum Gasteiger partial charge on any atom is -0.334 e. The standard InChI is InChI=1S/C27H23Cl2FN4O3S/c28-22-3-10-26(29)21(15-22)18-34(17-20-1-4-23(30)5-2-20)38(36,37)25-8-6-24(7-9-25)33-27(35)32-16-19-11-13-31-14-12-19/h1-15H,16-18H2,(H2,32,33,35). The summed E-state index contributed by atoms with van der Waals surface area (Å²) in [4.78, 5) is 16.2. The topological polar surface area (TPSA) is 91.4 Å². The fourth-order valence-electron chi connectivity index (χ4n) is 3.59. The van der Waals surface area contributed by atoms with E-state index in [-0.39, 0.29) is 18.0 Å². The zero-order valence-corrected chi connectivity index (χ0v) is 22.3. The normalized spacial score (nSPS) is 11.4. The second kappa shape index (κ2) is 12.4. The molecule has 196 valence electrons. The highest BCUT2D eigenvalue weighted by Gasteiger charge is 2.26. The molecule has 2 amide bonds. The molecule has 3 aromatic carbocycles. The van der Waals surface area contributed by atoms with Crippen LogP contribution >= 0.6 is 23.2 Å². The molecule has 2 N–H and O–H groups in total. The predicted octanol–water partition coefficient (Wildman–Crippen LogP) is 6.24. The van der Waals surface area contributed by atoms with Gasteiger partial charge in [-0.25, -0.2) is 17.6 Å². The molecular formula is C27H23Cl2FN4O3S. The Hall–Kier alpha value is -3.50. The molecule has 0 aliphatic heterocycles. The van der Waals surface area contributed by atoms with Gasteiger partial charge in [-0.3, -0.25) is 4.98 Å². The van der Waals surface area contributed by atoms with Gasteiger partial charge in [-0.2, -0.15) is 4.31 Å². The van der Waals surface area contributed by atoms with E-state index < -0.39 is 21.9 Å². The van der Waals surface area contributed by atoms with E-state index >= 15 is 0 Å². The number of carbonyl (C=O) groups excluding carboxylic acids is 1. The van der Waals surface area contributed by atoms with Gasteiger partial charge in [0.2, 0.25) is 10.0 Å². The number of rotatable bonds is 9. The molecule has 4 aromatic rings. The van der Waals surface area contributed by atoms with Gasteiger partial charge in [-0.1, -0.05) is 35.3 Å². The predicted molar refractivity (Wildman–Crippen MR) is 146 cm³/mol. The third kappa shape index (κ3) is 7.29. The monoisotopic (exact) mass is 572 g/mol. The van der Waals surface area contributed by atoms with Crippen molar-refractivity contribution in [1.82, 2.24) is 14.6 Å². The van der Waals surface area contributed by atoms with Crippen molar-refractivity contribution in [2.24, 2.45) is 0 Å². The summed E-state index contributed by atoms with van der Waals surface area (Å²) in [5.41, 5.74) is 2.42. The lowest BCUT2D eigenvalue weighted by atomic mass is 10.2. The maximum absolute atomic E-state index is 13.7. The molecule has 0 aliphatic rings. The van der Waals surface area contributed by atoms with Crippen molar-refractivity contribution in [3.8, 4) is 0 Å². The van der Waals surface area contributed by atoms with Crippen LogP contribution in [0.25, 0.3) is 0 Å². The lowest BCUT2D eigenvalue weighted by Crippen LogP contribution is -2.30. The van der Waals surface area contributed by atoms with Crippen LogP contribution in [0.4, 0.5) is 14.9 Å². The van der Waals surface area contributed by atoms with E-state index in [1.807, 2.05) is 0 Å². The maximum atomic E-state index is 13.7. The van der Waals surface area contributed by atoms with Crippen LogP contribution in [0.2, 0.25) is 10.0 Å². The lowest BCUT2D eigenvalue weighted by molar-refractivity contribution is 0.251. The Kier molecular flexibility index (Phi) is 8.96. The first-order valence-electron chi connectivity index (χ1n) is 11.4. The molecule has 0 atom stereocenters. The van der Waals surface area contributed by atoms with Gasteiger partial charge < -0.3 is 10.6 Å². The van der Waals surface area contributed by atoms with Gasteiger partial charge in [0.1, 0.15) is 5.82 Å². The van der Waals surface area contributed by atoms with Gasteiger partial charge in [0.05, 0.1) is 4.90 Å². The molecule has 0 spiro atoms. The average Bonchev–Trinajstić information content (AvgIpc) is 2.91. The number of pyridine rings is 1. The van der Waals surface area contributed by atoms with E-state index in [4.69, 9.17) is 23.2 Å². The number of nitrogens with one attached hydrogen (secondary N) is 2. The number of sulfonamides is 1. The molecule has 4 rings (SSSR count). The van der Waals surface area contributed by atoms with Gasteiger partial charge in [0, 0.05) is 47.8 Å². The summed E-state index contributed by atoms with van der Waals surface area (Å²) < 4.78 is 42.0. The minimum atomic E-state index is -4.03. The maximum Gasteiger partial charge on any atom is 0.319 e. The molecule has 1 aromatic heterocycles. The molecule has 0 aliphatic carbocycles. The van der Waals surface area contributed by atoms with Crippen LogP contribution < -0.4 is 10.6 Å². The second-order valence-electron chi connectivity index (χ2n) is 8.32. The van der Waals surface area contributed by atoms with Crippen LogP contribution in [0, 0.1) is 5.82 Å². The first kappa shape index (κ1) is 27.5. The first-order valence-corrected chi connectivity index (χ1v) is 13.6.